The molecule has 0 fully saturated rings. The van der Waals surface area contributed by atoms with Crippen LogP contribution in [0.2, 0.25) is 0 Å². The standard InChI is InChI=1S/2C21H22Si.Cr.2H2O.2O/c2*1-16-10-4-7-13-19(16)22(20-14-8-5-11-17(20)2)21-15-9-6-12-18(21)3;;;;;/h2*4-15,22H,1-3H3;;2*1H2;;/q;;+2;;;;/p-2. The summed E-state index contributed by atoms with van der Waals surface area (Å²) in [5.74, 6) is 0. The van der Waals surface area contributed by atoms with Crippen LogP contribution < -0.4 is 31.1 Å². The van der Waals surface area contributed by atoms with Crippen molar-refractivity contribution in [2.45, 2.75) is 41.5 Å². The molecular weight excluding hydrogens is 677 g/mol. The summed E-state index contributed by atoms with van der Waals surface area (Å²) in [6, 6.07) is 53.3. The van der Waals surface area contributed by atoms with Gasteiger partial charge in [0.2, 0.25) is 0 Å². The van der Waals surface area contributed by atoms with E-state index in [1.807, 2.05) is 0 Å². The Kier molecular flexibility index (Phi) is 13.4. The molecule has 0 amide bonds. The molecule has 0 heterocycles. The number of hydrogen-bond acceptors (Lipinski definition) is 2. The molecule has 7 heteroatoms. The van der Waals surface area contributed by atoms with Gasteiger partial charge in [0.25, 0.3) is 0 Å². The van der Waals surface area contributed by atoms with Gasteiger partial charge in [-0.2, -0.15) is 0 Å². The van der Waals surface area contributed by atoms with Crippen molar-refractivity contribution in [2.24, 2.45) is 0 Å². The monoisotopic (exact) mass is 722 g/mol. The van der Waals surface area contributed by atoms with E-state index in [0.717, 1.165) is 0 Å². The Morgan fingerprint density at radius 1 is 0.327 bits per heavy atom. The SMILES string of the molecule is Cc1ccccc1[SiH](c1ccccc1C)c1ccccc1C.Cc1ccccc1[SiH](c1ccccc1C)c1ccccc1C.[O]=[Cr](=[O])([OH])[OH]. The second kappa shape index (κ2) is 17.5. The Balaban J connectivity index is 0.000000194. The molecule has 0 spiro atoms. The van der Waals surface area contributed by atoms with Crippen LogP contribution in [0.1, 0.15) is 33.4 Å². The van der Waals surface area contributed by atoms with Crippen molar-refractivity contribution >= 4 is 48.7 Å². The summed E-state index contributed by atoms with van der Waals surface area (Å²) in [4.78, 5) is 0. The Morgan fingerprint density at radius 3 is 0.571 bits per heavy atom. The normalized spacial score (nSPS) is 11.0. The molecule has 0 unspecified atom stereocenters. The molecule has 6 aromatic carbocycles. The summed E-state index contributed by atoms with van der Waals surface area (Å²) >= 11 is -5.25. The van der Waals surface area contributed by atoms with Crippen molar-refractivity contribution in [1.29, 1.82) is 0 Å². The van der Waals surface area contributed by atoms with Crippen LogP contribution in [-0.2, 0) is 21.2 Å². The molecule has 0 saturated carbocycles. The molecule has 2 N–H and O–H groups in total. The van der Waals surface area contributed by atoms with Gasteiger partial charge >= 0.3 is 29.5 Å². The van der Waals surface area contributed by atoms with Crippen LogP contribution in [0.4, 0.5) is 0 Å². The van der Waals surface area contributed by atoms with Crippen molar-refractivity contribution in [3.63, 3.8) is 0 Å². The van der Waals surface area contributed by atoms with Gasteiger partial charge in [0.05, 0.1) is 0 Å². The van der Waals surface area contributed by atoms with Crippen LogP contribution in [0.3, 0.4) is 0 Å². The number of aryl methyl sites for hydroxylation is 6. The van der Waals surface area contributed by atoms with Crippen molar-refractivity contribution in [1.82, 2.24) is 0 Å². The van der Waals surface area contributed by atoms with E-state index < -0.39 is 31.2 Å². The van der Waals surface area contributed by atoms with E-state index in [1.54, 1.807) is 0 Å². The Hall–Kier alpha value is -4.19. The predicted octanol–water partition coefficient (Wildman–Crippen LogP) is 4.37. The third-order valence-corrected chi connectivity index (χ3v) is 16.6. The zero-order chi connectivity index (χ0) is 35.6. The quantitative estimate of drug-likeness (QED) is 0.198. The summed E-state index contributed by atoms with van der Waals surface area (Å²) in [5, 5.41) is 9.20. The van der Waals surface area contributed by atoms with Gasteiger partial charge in [-0.05, 0) is 72.7 Å². The van der Waals surface area contributed by atoms with E-state index in [-0.39, 0.29) is 0 Å². The second-order valence-corrected chi connectivity index (χ2v) is 19.3. The minimum absolute atomic E-state index is 1.41. The Morgan fingerprint density at radius 2 is 0.449 bits per heavy atom. The van der Waals surface area contributed by atoms with Gasteiger partial charge < -0.3 is 0 Å². The molecule has 0 radical (unpaired) electrons. The molecule has 6 rings (SSSR count). The Labute approximate surface area is 297 Å². The van der Waals surface area contributed by atoms with Crippen LogP contribution in [-0.4, -0.2) is 25.9 Å². The van der Waals surface area contributed by atoms with Gasteiger partial charge in [0, 0.05) is 0 Å². The fourth-order valence-corrected chi connectivity index (χ4v) is 13.6. The van der Waals surface area contributed by atoms with Crippen molar-refractivity contribution in [2.75, 3.05) is 0 Å². The summed E-state index contributed by atoms with van der Waals surface area (Å²) in [6.07, 6.45) is 0. The minimum atomic E-state index is -5.25. The van der Waals surface area contributed by atoms with Gasteiger partial charge in [-0.1, -0.05) is 179 Å². The molecule has 49 heavy (non-hydrogen) atoms. The fraction of sp³-hybridized carbons (Fsp3) is 0.143. The first-order valence-corrected chi connectivity index (χ1v) is 22.0. The third kappa shape index (κ3) is 10.4. The van der Waals surface area contributed by atoms with Gasteiger partial charge in [-0.3, -0.25) is 0 Å². The summed E-state index contributed by atoms with van der Waals surface area (Å²) in [6.45, 7) is 13.5. The molecule has 0 aliphatic carbocycles. The maximum atomic E-state index is 8.82. The first-order valence-electron chi connectivity index (χ1n) is 16.4. The predicted molar refractivity (Wildman–Crippen MR) is 205 cm³/mol. The summed E-state index contributed by atoms with van der Waals surface area (Å²) in [5.41, 5.74) is 8.45. The first-order chi connectivity index (χ1) is 23.4. The van der Waals surface area contributed by atoms with E-state index in [9.17, 15) is 0 Å². The van der Waals surface area contributed by atoms with Gasteiger partial charge in [-0.25, -0.2) is 0 Å². The van der Waals surface area contributed by atoms with Crippen LogP contribution >= 0.6 is 0 Å². The summed E-state index contributed by atoms with van der Waals surface area (Å²) in [7, 11) is -2.85. The Bertz CT molecular complexity index is 1750. The van der Waals surface area contributed by atoms with Crippen molar-refractivity contribution in [3.8, 4) is 0 Å². The number of rotatable bonds is 6. The molecular formula is C42H46CrO4Si2. The molecule has 0 aliphatic rings. The van der Waals surface area contributed by atoms with Crippen LogP contribution in [0.15, 0.2) is 146 Å². The fourth-order valence-electron chi connectivity index (χ4n) is 6.47. The van der Waals surface area contributed by atoms with E-state index in [0.29, 0.717) is 0 Å². The average molecular weight is 723 g/mol. The zero-order valence-corrected chi connectivity index (χ0v) is 32.7. The molecule has 0 aliphatic heterocycles. The number of benzene rings is 6. The van der Waals surface area contributed by atoms with Crippen LogP contribution in [0.5, 0.6) is 0 Å². The molecule has 6 aromatic rings. The number of hydrogen-bond donors (Lipinski definition) is 2. The van der Waals surface area contributed by atoms with E-state index >= 15 is 0 Å². The van der Waals surface area contributed by atoms with Gasteiger partial charge in [0.1, 0.15) is 17.6 Å². The molecule has 252 valence electrons. The molecule has 0 aromatic heterocycles. The molecule has 0 atom stereocenters. The molecule has 0 bridgehead atoms. The van der Waals surface area contributed by atoms with Gasteiger partial charge in [0.15, 0.2) is 0 Å². The second-order valence-electron chi connectivity index (χ2n) is 12.5. The zero-order valence-electron chi connectivity index (χ0n) is 29.1. The van der Waals surface area contributed by atoms with Crippen molar-refractivity contribution < 1.29 is 29.5 Å². The summed E-state index contributed by atoms with van der Waals surface area (Å²) < 4.78 is 31.9. The topological polar surface area (TPSA) is 74.6 Å². The first kappa shape index (κ1) is 37.6. The third-order valence-electron chi connectivity index (χ3n) is 9.00. The van der Waals surface area contributed by atoms with E-state index in [2.05, 4.69) is 187 Å². The van der Waals surface area contributed by atoms with Gasteiger partial charge in [-0.15, -0.1) is 0 Å². The maximum absolute atomic E-state index is 8.82. The van der Waals surface area contributed by atoms with Crippen molar-refractivity contribution in [3.05, 3.63) is 179 Å². The average Bonchev–Trinajstić information content (AvgIpc) is 3.06. The van der Waals surface area contributed by atoms with Crippen LogP contribution in [0.25, 0.3) is 0 Å². The van der Waals surface area contributed by atoms with E-state index in [4.69, 9.17) is 15.9 Å². The molecule has 0 saturated heterocycles. The molecule has 4 nitrogen and oxygen atoms in total. The van der Waals surface area contributed by atoms with E-state index in [1.165, 1.54) is 64.5 Å². The van der Waals surface area contributed by atoms with Crippen LogP contribution in [0, 0.1) is 41.5 Å².